The number of nitriles is 1. The van der Waals surface area contributed by atoms with Crippen LogP contribution in [0, 0.1) is 18.3 Å². The maximum Gasteiger partial charge on any atom is 0.142 e. The highest BCUT2D eigenvalue weighted by atomic mass is 15.3. The Bertz CT molecular complexity index is 428. The van der Waals surface area contributed by atoms with Crippen molar-refractivity contribution >= 4 is 5.82 Å². The first-order valence-electron chi connectivity index (χ1n) is 7.88. The van der Waals surface area contributed by atoms with Crippen LogP contribution >= 0.6 is 0 Å². The summed E-state index contributed by atoms with van der Waals surface area (Å²) in [6.45, 7) is 5.05. The summed E-state index contributed by atoms with van der Waals surface area (Å²) in [5.41, 5.74) is 1.47. The van der Waals surface area contributed by atoms with Gasteiger partial charge in [-0.3, -0.25) is 4.68 Å². The fourth-order valence-electron chi connectivity index (χ4n) is 2.46. The van der Waals surface area contributed by atoms with Crippen LogP contribution in [0.15, 0.2) is 0 Å². The topological polar surface area (TPSA) is 53.6 Å². The molecular formula is C16H28N4. The van der Waals surface area contributed by atoms with E-state index in [9.17, 15) is 0 Å². The Morgan fingerprint density at radius 1 is 1.10 bits per heavy atom. The molecule has 0 aliphatic rings. The lowest BCUT2D eigenvalue weighted by Crippen LogP contribution is -2.07. The zero-order valence-electron chi connectivity index (χ0n) is 13.2. The highest BCUT2D eigenvalue weighted by molar-refractivity contribution is 5.54. The van der Waals surface area contributed by atoms with Gasteiger partial charge in [0.05, 0.1) is 5.69 Å². The molecule has 0 unspecified atom stereocenters. The van der Waals surface area contributed by atoms with Crippen LogP contribution in [0.3, 0.4) is 0 Å². The second kappa shape index (κ2) is 9.41. The van der Waals surface area contributed by atoms with Crippen LogP contribution in [0.1, 0.15) is 69.5 Å². The molecule has 112 valence electrons. The Hall–Kier alpha value is -1.50. The Balaban J connectivity index is 2.15. The molecule has 0 saturated heterocycles. The normalized spacial score (nSPS) is 10.5. The summed E-state index contributed by atoms with van der Waals surface area (Å²) in [4.78, 5) is 0. The van der Waals surface area contributed by atoms with Crippen molar-refractivity contribution in [1.29, 1.82) is 5.26 Å². The van der Waals surface area contributed by atoms with E-state index in [-0.39, 0.29) is 0 Å². The van der Waals surface area contributed by atoms with Crippen molar-refractivity contribution < 1.29 is 0 Å². The van der Waals surface area contributed by atoms with Gasteiger partial charge in [-0.15, -0.1) is 0 Å². The van der Waals surface area contributed by atoms with Gasteiger partial charge in [0.15, 0.2) is 0 Å². The molecule has 0 radical (unpaired) electrons. The van der Waals surface area contributed by atoms with Crippen LogP contribution in [-0.4, -0.2) is 16.3 Å². The van der Waals surface area contributed by atoms with Crippen LogP contribution in [0.25, 0.3) is 0 Å². The molecule has 1 N–H and O–H groups in total. The molecule has 1 aromatic rings. The van der Waals surface area contributed by atoms with Gasteiger partial charge in [-0.05, 0) is 13.3 Å². The summed E-state index contributed by atoms with van der Waals surface area (Å²) < 4.78 is 1.76. The number of unbranched alkanes of at least 4 members (excludes halogenated alkanes) is 7. The summed E-state index contributed by atoms with van der Waals surface area (Å²) >= 11 is 0. The van der Waals surface area contributed by atoms with E-state index < -0.39 is 0 Å². The molecule has 0 amide bonds. The number of aromatic nitrogens is 2. The Labute approximate surface area is 123 Å². The second-order valence-electron chi connectivity index (χ2n) is 5.45. The molecule has 20 heavy (non-hydrogen) atoms. The van der Waals surface area contributed by atoms with Gasteiger partial charge in [0.1, 0.15) is 17.5 Å². The summed E-state index contributed by atoms with van der Waals surface area (Å²) in [6.07, 6.45) is 10.5. The van der Waals surface area contributed by atoms with Gasteiger partial charge in [-0.1, -0.05) is 51.9 Å². The van der Waals surface area contributed by atoms with E-state index in [1.807, 2.05) is 14.0 Å². The lowest BCUT2D eigenvalue weighted by Gasteiger charge is -2.07. The van der Waals surface area contributed by atoms with Gasteiger partial charge in [0.25, 0.3) is 0 Å². The largest absolute Gasteiger partial charge is 0.369 e. The standard InChI is InChI=1S/C16H28N4/c1-4-5-6-7-8-9-10-11-12-18-16-15(13-17)14(2)19-20(16)3/h18H,4-12H2,1-3H3. The average Bonchev–Trinajstić information content (AvgIpc) is 2.70. The molecule has 1 aromatic heterocycles. The van der Waals surface area contributed by atoms with Crippen molar-refractivity contribution in [2.75, 3.05) is 11.9 Å². The minimum atomic E-state index is 0.673. The van der Waals surface area contributed by atoms with E-state index >= 15 is 0 Å². The minimum Gasteiger partial charge on any atom is -0.369 e. The van der Waals surface area contributed by atoms with Crippen molar-refractivity contribution in [2.45, 2.75) is 65.2 Å². The van der Waals surface area contributed by atoms with E-state index in [4.69, 9.17) is 5.26 Å². The smallest absolute Gasteiger partial charge is 0.142 e. The maximum absolute atomic E-state index is 9.11. The number of hydrogen-bond donors (Lipinski definition) is 1. The summed E-state index contributed by atoms with van der Waals surface area (Å²) in [7, 11) is 1.88. The predicted octanol–water partition coefficient (Wildman–Crippen LogP) is 4.15. The van der Waals surface area contributed by atoms with Crippen LogP contribution in [0.5, 0.6) is 0 Å². The zero-order valence-corrected chi connectivity index (χ0v) is 13.2. The molecule has 0 bridgehead atoms. The number of anilines is 1. The maximum atomic E-state index is 9.11. The molecule has 1 heterocycles. The van der Waals surface area contributed by atoms with Gasteiger partial charge < -0.3 is 5.32 Å². The third-order valence-corrected chi connectivity index (χ3v) is 3.66. The van der Waals surface area contributed by atoms with Crippen molar-refractivity contribution in [3.8, 4) is 6.07 Å². The minimum absolute atomic E-state index is 0.673. The van der Waals surface area contributed by atoms with Gasteiger partial charge >= 0.3 is 0 Å². The van der Waals surface area contributed by atoms with Crippen molar-refractivity contribution in [1.82, 2.24) is 9.78 Å². The van der Waals surface area contributed by atoms with Gasteiger partial charge in [-0.25, -0.2) is 0 Å². The molecule has 0 saturated carbocycles. The quantitative estimate of drug-likeness (QED) is 0.653. The Kier molecular flexibility index (Phi) is 7.79. The Morgan fingerprint density at radius 2 is 1.70 bits per heavy atom. The molecule has 0 spiro atoms. The molecular weight excluding hydrogens is 248 g/mol. The lowest BCUT2D eigenvalue weighted by molar-refractivity contribution is 0.580. The zero-order chi connectivity index (χ0) is 14.8. The number of rotatable bonds is 10. The molecule has 4 nitrogen and oxygen atoms in total. The third kappa shape index (κ3) is 5.24. The fraction of sp³-hybridized carbons (Fsp3) is 0.750. The lowest BCUT2D eigenvalue weighted by atomic mass is 10.1. The molecule has 4 heteroatoms. The van der Waals surface area contributed by atoms with Crippen molar-refractivity contribution in [3.63, 3.8) is 0 Å². The van der Waals surface area contributed by atoms with E-state index in [0.717, 1.165) is 24.5 Å². The Morgan fingerprint density at radius 3 is 2.30 bits per heavy atom. The van der Waals surface area contributed by atoms with Gasteiger partial charge in [0.2, 0.25) is 0 Å². The van der Waals surface area contributed by atoms with E-state index in [1.165, 1.54) is 44.9 Å². The summed E-state index contributed by atoms with van der Waals surface area (Å²) in [5, 5.41) is 16.7. The molecule has 0 aliphatic carbocycles. The van der Waals surface area contributed by atoms with Crippen LogP contribution < -0.4 is 5.32 Å². The van der Waals surface area contributed by atoms with Crippen LogP contribution in [0.4, 0.5) is 5.82 Å². The van der Waals surface area contributed by atoms with Gasteiger partial charge in [0, 0.05) is 13.6 Å². The average molecular weight is 276 g/mol. The first-order chi connectivity index (χ1) is 9.70. The van der Waals surface area contributed by atoms with E-state index in [2.05, 4.69) is 23.4 Å². The first-order valence-corrected chi connectivity index (χ1v) is 7.88. The molecule has 0 fully saturated rings. The van der Waals surface area contributed by atoms with Crippen LogP contribution in [-0.2, 0) is 7.05 Å². The first kappa shape index (κ1) is 16.6. The molecule has 0 atom stereocenters. The number of aryl methyl sites for hydroxylation is 2. The van der Waals surface area contributed by atoms with E-state index in [0.29, 0.717) is 5.56 Å². The molecule has 0 aromatic carbocycles. The highest BCUT2D eigenvalue weighted by Gasteiger charge is 2.11. The predicted molar refractivity (Wildman–Crippen MR) is 83.8 cm³/mol. The van der Waals surface area contributed by atoms with Crippen LogP contribution in [0.2, 0.25) is 0 Å². The summed E-state index contributed by atoms with van der Waals surface area (Å²) in [5.74, 6) is 0.855. The number of nitrogens with zero attached hydrogens (tertiary/aromatic N) is 3. The molecule has 0 aliphatic heterocycles. The number of nitrogens with one attached hydrogen (secondary N) is 1. The SMILES string of the molecule is CCCCCCCCCCNc1c(C#N)c(C)nn1C. The third-order valence-electron chi connectivity index (χ3n) is 3.66. The second-order valence-corrected chi connectivity index (χ2v) is 5.45. The van der Waals surface area contributed by atoms with Crippen molar-refractivity contribution in [2.24, 2.45) is 7.05 Å². The molecule has 1 rings (SSSR count). The van der Waals surface area contributed by atoms with Crippen molar-refractivity contribution in [3.05, 3.63) is 11.3 Å². The van der Waals surface area contributed by atoms with Gasteiger partial charge in [-0.2, -0.15) is 10.4 Å². The fourth-order valence-corrected chi connectivity index (χ4v) is 2.46. The van der Waals surface area contributed by atoms with E-state index in [1.54, 1.807) is 4.68 Å². The monoisotopic (exact) mass is 276 g/mol. The summed E-state index contributed by atoms with van der Waals surface area (Å²) in [6, 6.07) is 2.22. The number of hydrogen-bond acceptors (Lipinski definition) is 3. The highest BCUT2D eigenvalue weighted by Crippen LogP contribution is 2.17.